The number of rotatable bonds is 8. The zero-order valence-corrected chi connectivity index (χ0v) is 44.8. The summed E-state index contributed by atoms with van der Waals surface area (Å²) in [4.78, 5) is 0. The largest absolute Gasteiger partial charge is 0.417 e. The van der Waals surface area contributed by atoms with Gasteiger partial charge in [0.05, 0.1) is 103 Å². The van der Waals surface area contributed by atoms with E-state index < -0.39 is 34.6 Å². The molecular formula is C73H37F6N7. The summed E-state index contributed by atoms with van der Waals surface area (Å²) >= 11 is 0. The van der Waals surface area contributed by atoms with Crippen LogP contribution in [0.3, 0.4) is 0 Å². The van der Waals surface area contributed by atoms with E-state index in [1.807, 2.05) is 106 Å². The molecule has 2 heterocycles. The molecule has 0 saturated carbocycles. The zero-order valence-electron chi connectivity index (χ0n) is 44.8. The fraction of sp³-hybridized carbons (Fsp3) is 0.0274. The van der Waals surface area contributed by atoms with Gasteiger partial charge in [0, 0.05) is 38.2 Å². The molecule has 0 amide bonds. The number of fused-ring (bicyclic) bond motifs is 6. The summed E-state index contributed by atoms with van der Waals surface area (Å²) in [5, 5.41) is 53.8. The Balaban J connectivity index is 1.15. The maximum absolute atomic E-state index is 15.3. The highest BCUT2D eigenvalue weighted by Gasteiger charge is 2.41. The van der Waals surface area contributed by atoms with Crippen LogP contribution in [0.4, 0.5) is 26.3 Å². The van der Waals surface area contributed by atoms with Crippen molar-refractivity contribution in [2.45, 2.75) is 12.4 Å². The lowest BCUT2D eigenvalue weighted by atomic mass is 9.89. The lowest BCUT2D eigenvalue weighted by Gasteiger charge is -2.23. The van der Waals surface area contributed by atoms with E-state index in [2.05, 4.69) is 30.3 Å². The van der Waals surface area contributed by atoms with E-state index in [0.29, 0.717) is 78.6 Å². The molecule has 2 aromatic heterocycles. The predicted molar refractivity (Wildman–Crippen MR) is 321 cm³/mol. The molecule has 13 rings (SSSR count). The quantitative estimate of drug-likeness (QED) is 0.140. The van der Waals surface area contributed by atoms with Gasteiger partial charge >= 0.3 is 12.4 Å². The Bertz CT molecular complexity index is 4980. The summed E-state index contributed by atoms with van der Waals surface area (Å²) in [5.41, 5.74) is 6.66. The summed E-state index contributed by atoms with van der Waals surface area (Å²) in [7, 11) is 0. The smallest absolute Gasteiger partial charge is 0.309 e. The molecule has 0 bridgehead atoms. The van der Waals surface area contributed by atoms with E-state index in [1.54, 1.807) is 91.0 Å². The number of aromatic nitrogens is 2. The van der Waals surface area contributed by atoms with Gasteiger partial charge in [-0.3, -0.25) is 0 Å². The van der Waals surface area contributed by atoms with Crippen molar-refractivity contribution in [3.8, 4) is 108 Å². The second-order valence-corrected chi connectivity index (χ2v) is 20.6. The van der Waals surface area contributed by atoms with Crippen molar-refractivity contribution in [1.29, 1.82) is 26.3 Å². The van der Waals surface area contributed by atoms with Crippen molar-refractivity contribution in [2.24, 2.45) is 0 Å². The Morgan fingerprint density at radius 1 is 0.279 bits per heavy atom. The normalized spacial score (nSPS) is 11.5. The van der Waals surface area contributed by atoms with Gasteiger partial charge in [-0.2, -0.15) is 52.7 Å². The number of alkyl halides is 6. The summed E-state index contributed by atoms with van der Waals surface area (Å²) < 4.78 is 95.7. The number of halogens is 6. The maximum Gasteiger partial charge on any atom is 0.417 e. The van der Waals surface area contributed by atoms with Crippen LogP contribution in [0.15, 0.2) is 224 Å². The molecule has 11 aromatic carbocycles. The number of hydrogen-bond donors (Lipinski definition) is 0. The molecule has 0 aliphatic rings. The van der Waals surface area contributed by atoms with Crippen LogP contribution in [0.25, 0.3) is 122 Å². The van der Waals surface area contributed by atoms with Crippen molar-refractivity contribution in [2.75, 3.05) is 0 Å². The van der Waals surface area contributed by atoms with Crippen LogP contribution in [-0.4, -0.2) is 9.13 Å². The number of nitriles is 5. The Labute approximate surface area is 487 Å². The maximum atomic E-state index is 15.3. The summed E-state index contributed by atoms with van der Waals surface area (Å²) in [6.45, 7) is 0. The molecule has 0 saturated heterocycles. The van der Waals surface area contributed by atoms with Crippen molar-refractivity contribution in [3.63, 3.8) is 0 Å². The van der Waals surface area contributed by atoms with Crippen molar-refractivity contribution in [1.82, 2.24) is 9.13 Å². The average Bonchev–Trinajstić information content (AvgIpc) is 1.54. The van der Waals surface area contributed by atoms with Crippen molar-refractivity contribution >= 4 is 43.6 Å². The predicted octanol–water partition coefficient (Wildman–Crippen LogP) is 19.3. The minimum absolute atomic E-state index is 0.0472. The molecule has 406 valence electrons. The molecule has 0 unspecified atom stereocenters. The van der Waals surface area contributed by atoms with Gasteiger partial charge in [-0.25, -0.2) is 0 Å². The Hall–Kier alpha value is -12.0. The van der Waals surface area contributed by atoms with Gasteiger partial charge in [0.25, 0.3) is 0 Å². The Morgan fingerprint density at radius 2 is 0.605 bits per heavy atom. The number of nitrogens with zero attached hydrogens (tertiary/aromatic N) is 7. The summed E-state index contributed by atoms with van der Waals surface area (Å²) in [6, 6.07) is 73.7. The van der Waals surface area contributed by atoms with Gasteiger partial charge in [0.2, 0.25) is 0 Å². The molecular weight excluding hydrogens is 1090 g/mol. The first-order chi connectivity index (χ1) is 41.7. The van der Waals surface area contributed by atoms with Crippen LogP contribution < -0.4 is 0 Å². The van der Waals surface area contributed by atoms with Gasteiger partial charge in [0.15, 0.2) is 0 Å². The van der Waals surface area contributed by atoms with Gasteiger partial charge in [-0.05, 0) is 184 Å². The highest BCUT2D eigenvalue weighted by Crippen LogP contribution is 2.49. The van der Waals surface area contributed by atoms with E-state index >= 15 is 26.3 Å². The van der Waals surface area contributed by atoms with Crippen molar-refractivity contribution < 1.29 is 26.3 Å². The molecule has 13 aromatic rings. The van der Waals surface area contributed by atoms with Crippen molar-refractivity contribution in [3.05, 3.63) is 263 Å². The Morgan fingerprint density at radius 3 is 0.953 bits per heavy atom. The van der Waals surface area contributed by atoms with E-state index in [4.69, 9.17) is 0 Å². The van der Waals surface area contributed by atoms with E-state index in [-0.39, 0.29) is 16.7 Å². The third-order valence-corrected chi connectivity index (χ3v) is 15.7. The highest BCUT2D eigenvalue weighted by molar-refractivity contribution is 6.14. The third-order valence-electron chi connectivity index (χ3n) is 15.7. The minimum Gasteiger partial charge on any atom is -0.309 e. The number of benzene rings is 11. The molecule has 7 nitrogen and oxygen atoms in total. The van der Waals surface area contributed by atoms with E-state index in [1.165, 1.54) is 18.2 Å². The monoisotopic (exact) mass is 1130 g/mol. The fourth-order valence-electron chi connectivity index (χ4n) is 11.9. The zero-order chi connectivity index (χ0) is 59.6. The molecule has 13 heteroatoms. The van der Waals surface area contributed by atoms with Gasteiger partial charge < -0.3 is 9.13 Å². The second kappa shape index (κ2) is 20.8. The van der Waals surface area contributed by atoms with Crippen LogP contribution in [0.1, 0.15) is 38.9 Å². The Kier molecular flexibility index (Phi) is 12.9. The standard InChI is InChI=1S/C73H37F6N7/c74-72(75,76)62-16-6-17-63(73(77,78)79)71(62)55-23-28-68(85-64-24-19-51(47-11-1-7-43(29-47)38-80)33-57(64)58-34-52(20-25-65(58)85)48-12-2-8-44(30-48)39-81)61(37-55)70-56(42-84)15-5-18-69(70)86-66-26-21-53(49-13-3-9-45(31-49)40-82)35-59(66)60-36-54(22-27-67(60)86)50-14-4-10-46(32-50)41-83/h1-37H. The topological polar surface area (TPSA) is 129 Å². The van der Waals surface area contributed by atoms with Crippen LogP contribution >= 0.6 is 0 Å². The molecule has 0 radical (unpaired) electrons. The van der Waals surface area contributed by atoms with Crippen LogP contribution in [0, 0.1) is 56.7 Å². The molecule has 0 atom stereocenters. The average molecular weight is 1130 g/mol. The summed E-state index contributed by atoms with van der Waals surface area (Å²) in [5.74, 6) is 0. The van der Waals surface area contributed by atoms with Crippen LogP contribution in [0.2, 0.25) is 0 Å². The van der Waals surface area contributed by atoms with Crippen LogP contribution in [0.5, 0.6) is 0 Å². The van der Waals surface area contributed by atoms with Gasteiger partial charge in [0.1, 0.15) is 0 Å². The summed E-state index contributed by atoms with van der Waals surface area (Å²) in [6.07, 6.45) is -10.5. The molecule has 0 aliphatic carbocycles. The second-order valence-electron chi connectivity index (χ2n) is 20.6. The van der Waals surface area contributed by atoms with Gasteiger partial charge in [-0.1, -0.05) is 91.0 Å². The number of hydrogen-bond acceptors (Lipinski definition) is 5. The molecule has 86 heavy (non-hydrogen) atoms. The molecule has 0 aliphatic heterocycles. The first-order valence-electron chi connectivity index (χ1n) is 26.8. The SMILES string of the molecule is N#Cc1cccc(-c2ccc3c(c2)c2cc(-c4cccc(C#N)c4)ccc2n3-c2ccc(-c3c(C(F)(F)F)cccc3C(F)(F)F)cc2-c2c(C#N)cccc2-n2c3ccc(-c4cccc(C#N)c4)cc3c3cc(-c4cccc(C#N)c4)ccc32)c1. The lowest BCUT2D eigenvalue weighted by Crippen LogP contribution is -2.14. The molecule has 0 N–H and O–H groups in total. The first-order valence-corrected chi connectivity index (χ1v) is 26.8. The molecule has 0 fully saturated rings. The van der Waals surface area contributed by atoms with Gasteiger partial charge in [-0.15, -0.1) is 0 Å². The molecule has 0 spiro atoms. The van der Waals surface area contributed by atoms with E-state index in [0.717, 1.165) is 61.3 Å². The fourth-order valence-corrected chi connectivity index (χ4v) is 11.9. The first kappa shape index (κ1) is 53.4. The highest BCUT2D eigenvalue weighted by atomic mass is 19.4. The van der Waals surface area contributed by atoms with Crippen LogP contribution in [-0.2, 0) is 12.4 Å². The third kappa shape index (κ3) is 9.18. The van der Waals surface area contributed by atoms with E-state index in [9.17, 15) is 26.3 Å². The lowest BCUT2D eigenvalue weighted by molar-refractivity contribution is -0.142. The minimum atomic E-state index is -5.24.